The molecule has 1 aromatic rings. The quantitative estimate of drug-likeness (QED) is 0.674. The Kier molecular flexibility index (Phi) is 5.88. The first-order chi connectivity index (χ1) is 12.0. The van der Waals surface area contributed by atoms with E-state index in [0.717, 1.165) is 0 Å². The summed E-state index contributed by atoms with van der Waals surface area (Å²) in [6, 6.07) is 4.09. The van der Waals surface area contributed by atoms with Crippen LogP contribution >= 0.6 is 0 Å². The number of nitrogens with zero attached hydrogens (tertiary/aromatic N) is 1. The van der Waals surface area contributed by atoms with Crippen molar-refractivity contribution in [2.24, 2.45) is 0 Å². The zero-order valence-corrected chi connectivity index (χ0v) is 14.1. The molecule has 10 heteroatoms. The van der Waals surface area contributed by atoms with Crippen molar-refractivity contribution < 1.29 is 28.6 Å². The Hall–Kier alpha value is -3.17. The molecule has 1 aromatic carbocycles. The van der Waals surface area contributed by atoms with Crippen LogP contribution in [0.2, 0.25) is 0 Å². The minimum Gasteiger partial charge on any atom is -0.493 e. The normalized spacial score (nSPS) is 16.2. The summed E-state index contributed by atoms with van der Waals surface area (Å²) in [6.07, 6.45) is -0.662. The lowest BCUT2D eigenvalue weighted by Crippen LogP contribution is -2.50. The molecule has 4 amide bonds. The number of hydrogen-bond acceptors (Lipinski definition) is 6. The number of hydrogen-bond donors (Lipinski definition) is 3. The summed E-state index contributed by atoms with van der Waals surface area (Å²) in [6.45, 7) is 0.292. The largest absolute Gasteiger partial charge is 0.493 e. The number of nitrogens with one attached hydrogen (secondary N) is 3. The van der Waals surface area contributed by atoms with Gasteiger partial charge in [-0.2, -0.15) is 0 Å². The van der Waals surface area contributed by atoms with Gasteiger partial charge in [0, 0.05) is 24.7 Å². The Bertz CT molecular complexity index is 665. The van der Waals surface area contributed by atoms with E-state index >= 15 is 0 Å². The molecular formula is C15H20N4O6. The van der Waals surface area contributed by atoms with Crippen LogP contribution in [0, 0.1) is 0 Å². The topological polar surface area (TPSA) is 118 Å². The van der Waals surface area contributed by atoms with Crippen LogP contribution in [0.1, 0.15) is 6.42 Å². The number of benzene rings is 1. The predicted octanol–water partition coefficient (Wildman–Crippen LogP) is 0.379. The van der Waals surface area contributed by atoms with Gasteiger partial charge in [-0.05, 0) is 12.1 Å². The van der Waals surface area contributed by atoms with Crippen molar-refractivity contribution >= 4 is 23.7 Å². The predicted molar refractivity (Wildman–Crippen MR) is 87.5 cm³/mol. The van der Waals surface area contributed by atoms with Crippen LogP contribution in [-0.4, -0.2) is 51.9 Å². The molecule has 1 aliphatic rings. The molecule has 0 aliphatic carbocycles. The third-order valence-corrected chi connectivity index (χ3v) is 3.60. The number of methoxy groups -OCH3 is 3. The molecule has 25 heavy (non-hydrogen) atoms. The smallest absolute Gasteiger partial charge is 0.425 e. The van der Waals surface area contributed by atoms with Gasteiger partial charge in [0.1, 0.15) is 0 Å². The number of ether oxygens (including phenoxy) is 3. The van der Waals surface area contributed by atoms with Crippen LogP contribution in [0.15, 0.2) is 18.2 Å². The highest BCUT2D eigenvalue weighted by molar-refractivity contribution is 5.97. The summed E-state index contributed by atoms with van der Waals surface area (Å²) < 4.78 is 14.7. The van der Waals surface area contributed by atoms with Crippen LogP contribution in [0.25, 0.3) is 0 Å². The summed E-state index contributed by atoms with van der Waals surface area (Å²) in [5, 5.41) is 2.60. The fraction of sp³-hybridized carbons (Fsp3) is 0.400. The molecule has 0 spiro atoms. The highest BCUT2D eigenvalue weighted by Gasteiger charge is 2.32. The van der Waals surface area contributed by atoms with Gasteiger partial charge >= 0.3 is 12.1 Å². The van der Waals surface area contributed by atoms with Crippen LogP contribution in [0.4, 0.5) is 15.3 Å². The van der Waals surface area contributed by atoms with E-state index < -0.39 is 18.2 Å². The second-order valence-electron chi connectivity index (χ2n) is 5.16. The third-order valence-electron chi connectivity index (χ3n) is 3.60. The van der Waals surface area contributed by atoms with Gasteiger partial charge in [0.25, 0.3) is 0 Å². The molecule has 1 saturated heterocycles. The molecule has 3 N–H and O–H groups in total. The monoisotopic (exact) mass is 352 g/mol. The molecule has 136 valence electrons. The minimum atomic E-state index is -0.801. The van der Waals surface area contributed by atoms with Crippen LogP contribution in [0.3, 0.4) is 0 Å². The van der Waals surface area contributed by atoms with Gasteiger partial charge < -0.3 is 24.4 Å². The molecule has 1 fully saturated rings. The van der Waals surface area contributed by atoms with Crippen LogP contribution < -0.4 is 30.5 Å². The van der Waals surface area contributed by atoms with Crippen molar-refractivity contribution in [2.75, 3.05) is 32.8 Å². The second-order valence-corrected chi connectivity index (χ2v) is 5.16. The van der Waals surface area contributed by atoms with E-state index in [1.807, 2.05) is 5.43 Å². The molecule has 0 bridgehead atoms. The van der Waals surface area contributed by atoms with E-state index in [-0.39, 0.29) is 12.3 Å². The van der Waals surface area contributed by atoms with E-state index in [0.29, 0.717) is 23.7 Å². The Labute approximate surface area is 144 Å². The standard InChI is InChI=1S/C15H20N4O6/c1-23-11-5-4-10(7-12(11)24-2)19-8-9(6-13(19)20)16-14(21)17-18-15(22)25-3/h4-5,7,9H,6,8H2,1-3H3,(H,18,22)(H2,16,17,21)/t9-/m0/s1. The Morgan fingerprint density at radius 2 is 1.84 bits per heavy atom. The number of hydrazine groups is 1. The van der Waals surface area contributed by atoms with Gasteiger partial charge in [0.2, 0.25) is 5.91 Å². The lowest BCUT2D eigenvalue weighted by atomic mass is 10.2. The van der Waals surface area contributed by atoms with Crippen molar-refractivity contribution in [1.29, 1.82) is 0 Å². The molecular weight excluding hydrogens is 332 g/mol. The Morgan fingerprint density at radius 3 is 2.48 bits per heavy atom. The summed E-state index contributed by atoms with van der Waals surface area (Å²) >= 11 is 0. The molecule has 0 aromatic heterocycles. The zero-order chi connectivity index (χ0) is 18.4. The van der Waals surface area contributed by atoms with Gasteiger partial charge in [-0.3, -0.25) is 4.79 Å². The minimum absolute atomic E-state index is 0.139. The molecule has 0 saturated carbocycles. The van der Waals surface area contributed by atoms with Crippen molar-refractivity contribution in [1.82, 2.24) is 16.2 Å². The first-order valence-corrected chi connectivity index (χ1v) is 7.41. The first-order valence-electron chi connectivity index (χ1n) is 7.41. The second kappa shape index (κ2) is 8.08. The lowest BCUT2D eigenvalue weighted by molar-refractivity contribution is -0.117. The molecule has 0 unspecified atom stereocenters. The van der Waals surface area contributed by atoms with E-state index in [1.54, 1.807) is 23.1 Å². The van der Waals surface area contributed by atoms with E-state index in [9.17, 15) is 14.4 Å². The van der Waals surface area contributed by atoms with E-state index in [4.69, 9.17) is 9.47 Å². The van der Waals surface area contributed by atoms with E-state index in [1.165, 1.54) is 21.3 Å². The van der Waals surface area contributed by atoms with Crippen LogP contribution in [0.5, 0.6) is 11.5 Å². The fourth-order valence-corrected chi connectivity index (χ4v) is 2.43. The third kappa shape index (κ3) is 4.43. The van der Waals surface area contributed by atoms with E-state index in [2.05, 4.69) is 15.5 Å². The first kappa shape index (κ1) is 18.2. The van der Waals surface area contributed by atoms with Gasteiger partial charge in [-0.25, -0.2) is 20.4 Å². The van der Waals surface area contributed by atoms with Crippen molar-refractivity contribution in [3.63, 3.8) is 0 Å². The molecule has 1 heterocycles. The average molecular weight is 352 g/mol. The van der Waals surface area contributed by atoms with Crippen LogP contribution in [-0.2, 0) is 9.53 Å². The maximum atomic E-state index is 12.2. The number of urea groups is 1. The molecule has 0 radical (unpaired) electrons. The Morgan fingerprint density at radius 1 is 1.12 bits per heavy atom. The van der Waals surface area contributed by atoms with Gasteiger partial charge in [0.15, 0.2) is 11.5 Å². The highest BCUT2D eigenvalue weighted by atomic mass is 16.5. The average Bonchev–Trinajstić information content (AvgIpc) is 2.98. The van der Waals surface area contributed by atoms with Gasteiger partial charge in [-0.15, -0.1) is 0 Å². The highest BCUT2D eigenvalue weighted by Crippen LogP contribution is 2.33. The number of anilines is 1. The fourth-order valence-electron chi connectivity index (χ4n) is 2.43. The zero-order valence-electron chi connectivity index (χ0n) is 14.1. The van der Waals surface area contributed by atoms with Gasteiger partial charge in [0.05, 0.1) is 27.4 Å². The molecule has 1 atom stereocenters. The SMILES string of the molecule is COC(=O)NNC(=O)N[C@H]1CC(=O)N(c2ccc(OC)c(OC)c2)C1. The summed E-state index contributed by atoms with van der Waals surface area (Å²) in [4.78, 5) is 36.4. The molecule has 10 nitrogen and oxygen atoms in total. The molecule has 2 rings (SSSR count). The van der Waals surface area contributed by atoms with Gasteiger partial charge in [-0.1, -0.05) is 0 Å². The number of carbonyl (C=O) groups excluding carboxylic acids is 3. The Balaban J connectivity index is 1.98. The number of rotatable bonds is 4. The maximum absolute atomic E-state index is 12.2. The molecule has 1 aliphatic heterocycles. The van der Waals surface area contributed by atoms with Crippen molar-refractivity contribution in [2.45, 2.75) is 12.5 Å². The summed E-state index contributed by atoms with van der Waals surface area (Å²) in [7, 11) is 4.21. The lowest BCUT2D eigenvalue weighted by Gasteiger charge is -2.19. The maximum Gasteiger partial charge on any atom is 0.425 e. The summed E-state index contributed by atoms with van der Waals surface area (Å²) in [5.74, 6) is 0.920. The number of carbonyl (C=O) groups is 3. The summed E-state index contributed by atoms with van der Waals surface area (Å²) in [5.41, 5.74) is 4.80. The van der Waals surface area contributed by atoms with Crippen molar-refractivity contribution in [3.05, 3.63) is 18.2 Å². The number of amides is 4. The van der Waals surface area contributed by atoms with Crippen molar-refractivity contribution in [3.8, 4) is 11.5 Å².